The van der Waals surface area contributed by atoms with Crippen LogP contribution in [0.1, 0.15) is 24.6 Å². The van der Waals surface area contributed by atoms with Crippen molar-refractivity contribution in [3.8, 4) is 11.5 Å². The first-order chi connectivity index (χ1) is 9.61. The number of nitrogens with zero attached hydrogens (tertiary/aromatic N) is 1. The summed E-state index contributed by atoms with van der Waals surface area (Å²) in [5.41, 5.74) is 7.84. The van der Waals surface area contributed by atoms with Gasteiger partial charge in [0.2, 0.25) is 0 Å². The third-order valence-electron chi connectivity index (χ3n) is 3.24. The summed E-state index contributed by atoms with van der Waals surface area (Å²) in [5, 5.41) is 0.688. The molecule has 0 saturated carbocycles. The predicted molar refractivity (Wildman–Crippen MR) is 82.5 cm³/mol. The number of pyridine rings is 1. The first kappa shape index (κ1) is 14.8. The second-order valence-electron chi connectivity index (χ2n) is 4.78. The van der Waals surface area contributed by atoms with Crippen molar-refractivity contribution in [2.45, 2.75) is 32.7 Å². The van der Waals surface area contributed by atoms with Crippen LogP contribution in [0.15, 0.2) is 36.5 Å². The molecule has 0 bridgehead atoms. The molecule has 0 saturated heterocycles. The van der Waals surface area contributed by atoms with Crippen molar-refractivity contribution in [3.05, 3.63) is 52.8 Å². The second kappa shape index (κ2) is 6.73. The largest absolute Gasteiger partial charge is 0.455 e. The fourth-order valence-corrected chi connectivity index (χ4v) is 2.18. The Morgan fingerprint density at radius 3 is 2.70 bits per heavy atom. The highest BCUT2D eigenvalue weighted by atomic mass is 35.5. The Morgan fingerprint density at radius 2 is 2.00 bits per heavy atom. The zero-order chi connectivity index (χ0) is 14.5. The van der Waals surface area contributed by atoms with Gasteiger partial charge in [-0.15, -0.1) is 0 Å². The lowest BCUT2D eigenvalue weighted by atomic mass is 10.0. The van der Waals surface area contributed by atoms with E-state index in [2.05, 4.69) is 11.9 Å². The van der Waals surface area contributed by atoms with Crippen LogP contribution in [0, 0.1) is 6.92 Å². The van der Waals surface area contributed by atoms with Crippen molar-refractivity contribution in [1.82, 2.24) is 4.98 Å². The van der Waals surface area contributed by atoms with Gasteiger partial charge >= 0.3 is 0 Å². The van der Waals surface area contributed by atoms with Gasteiger partial charge in [0.15, 0.2) is 0 Å². The number of hydrogen-bond donors (Lipinski definition) is 1. The SMILES string of the molecule is CCC(N)Cc1c(Cl)cccc1Oc1cccnc1C. The van der Waals surface area contributed by atoms with Crippen LogP contribution in [-0.4, -0.2) is 11.0 Å². The lowest BCUT2D eigenvalue weighted by Gasteiger charge is -2.16. The van der Waals surface area contributed by atoms with E-state index in [1.165, 1.54) is 0 Å². The van der Waals surface area contributed by atoms with Crippen LogP contribution in [0.25, 0.3) is 0 Å². The summed E-state index contributed by atoms with van der Waals surface area (Å²) in [7, 11) is 0. The monoisotopic (exact) mass is 290 g/mol. The van der Waals surface area contributed by atoms with E-state index in [4.69, 9.17) is 22.1 Å². The van der Waals surface area contributed by atoms with Gasteiger partial charge in [-0.3, -0.25) is 4.98 Å². The molecule has 2 rings (SSSR count). The highest BCUT2D eigenvalue weighted by Crippen LogP contribution is 2.32. The maximum atomic E-state index is 6.29. The summed E-state index contributed by atoms with van der Waals surface area (Å²) in [6.45, 7) is 3.98. The molecule has 20 heavy (non-hydrogen) atoms. The Morgan fingerprint density at radius 1 is 1.25 bits per heavy atom. The number of aromatic nitrogens is 1. The number of halogens is 1. The average Bonchev–Trinajstić information content (AvgIpc) is 2.44. The summed E-state index contributed by atoms with van der Waals surface area (Å²) < 4.78 is 5.96. The molecule has 1 heterocycles. The van der Waals surface area contributed by atoms with E-state index in [1.54, 1.807) is 6.20 Å². The highest BCUT2D eigenvalue weighted by molar-refractivity contribution is 6.31. The second-order valence-corrected chi connectivity index (χ2v) is 5.19. The van der Waals surface area contributed by atoms with Crippen LogP contribution in [0.4, 0.5) is 0 Å². The molecule has 2 N–H and O–H groups in total. The van der Waals surface area contributed by atoms with Crippen molar-refractivity contribution in [1.29, 1.82) is 0 Å². The number of rotatable bonds is 5. The molecule has 106 valence electrons. The molecule has 1 atom stereocenters. The summed E-state index contributed by atoms with van der Waals surface area (Å²) in [4.78, 5) is 4.22. The minimum absolute atomic E-state index is 0.0762. The van der Waals surface area contributed by atoms with Crippen LogP contribution in [-0.2, 0) is 6.42 Å². The number of ether oxygens (including phenoxy) is 1. The highest BCUT2D eigenvalue weighted by Gasteiger charge is 2.13. The van der Waals surface area contributed by atoms with Crippen molar-refractivity contribution in [3.63, 3.8) is 0 Å². The fourth-order valence-electron chi connectivity index (χ4n) is 1.93. The van der Waals surface area contributed by atoms with Crippen LogP contribution < -0.4 is 10.5 Å². The maximum Gasteiger partial charge on any atom is 0.148 e. The van der Waals surface area contributed by atoms with Gasteiger partial charge in [0.1, 0.15) is 11.5 Å². The van der Waals surface area contributed by atoms with Crippen LogP contribution in [0.2, 0.25) is 5.02 Å². The number of nitrogens with two attached hydrogens (primary N) is 1. The van der Waals surface area contributed by atoms with Gasteiger partial charge in [0.25, 0.3) is 0 Å². The Labute approximate surface area is 124 Å². The Bertz CT molecular complexity index is 586. The van der Waals surface area contributed by atoms with E-state index in [0.29, 0.717) is 11.4 Å². The zero-order valence-corrected chi connectivity index (χ0v) is 12.5. The molecular formula is C16H19ClN2O. The lowest BCUT2D eigenvalue weighted by Crippen LogP contribution is -2.21. The van der Waals surface area contributed by atoms with Gasteiger partial charge in [0, 0.05) is 22.8 Å². The minimum Gasteiger partial charge on any atom is -0.455 e. The Hall–Kier alpha value is -1.58. The standard InChI is InChI=1S/C16H19ClN2O/c1-3-12(18)10-13-14(17)6-4-7-16(13)20-15-8-5-9-19-11(15)2/h4-9,12H,3,10,18H2,1-2H3. The van der Waals surface area contributed by atoms with Gasteiger partial charge in [-0.2, -0.15) is 0 Å². The van der Waals surface area contributed by atoms with Gasteiger partial charge in [-0.1, -0.05) is 24.6 Å². The Balaban J connectivity index is 2.32. The molecule has 4 heteroatoms. The van der Waals surface area contributed by atoms with Gasteiger partial charge < -0.3 is 10.5 Å². The minimum atomic E-state index is 0.0762. The molecule has 0 aliphatic carbocycles. The van der Waals surface area contributed by atoms with Crippen molar-refractivity contribution >= 4 is 11.6 Å². The molecule has 1 aromatic heterocycles. The topological polar surface area (TPSA) is 48.1 Å². The van der Waals surface area contributed by atoms with E-state index in [9.17, 15) is 0 Å². The summed E-state index contributed by atoms with van der Waals surface area (Å²) in [6.07, 6.45) is 3.34. The Kier molecular flexibility index (Phi) is 4.99. The van der Waals surface area contributed by atoms with Gasteiger partial charge in [0.05, 0.1) is 5.69 Å². The van der Waals surface area contributed by atoms with E-state index in [-0.39, 0.29) is 6.04 Å². The molecule has 0 spiro atoms. The molecule has 2 aromatic rings. The lowest BCUT2D eigenvalue weighted by molar-refractivity contribution is 0.466. The van der Waals surface area contributed by atoms with Crippen molar-refractivity contribution < 1.29 is 4.74 Å². The first-order valence-electron chi connectivity index (χ1n) is 6.74. The molecule has 0 radical (unpaired) electrons. The number of aryl methyl sites for hydroxylation is 1. The van der Waals surface area contributed by atoms with Crippen LogP contribution >= 0.6 is 11.6 Å². The van der Waals surface area contributed by atoms with E-state index in [1.807, 2.05) is 37.3 Å². The smallest absolute Gasteiger partial charge is 0.148 e. The molecular weight excluding hydrogens is 272 g/mol. The summed E-state index contributed by atoms with van der Waals surface area (Å²) in [5.74, 6) is 1.48. The zero-order valence-electron chi connectivity index (χ0n) is 11.8. The molecule has 1 aromatic carbocycles. The molecule has 0 fully saturated rings. The first-order valence-corrected chi connectivity index (χ1v) is 7.12. The summed E-state index contributed by atoms with van der Waals surface area (Å²) >= 11 is 6.29. The fraction of sp³-hybridized carbons (Fsp3) is 0.312. The molecule has 3 nitrogen and oxygen atoms in total. The normalized spacial score (nSPS) is 12.2. The third-order valence-corrected chi connectivity index (χ3v) is 3.60. The number of benzene rings is 1. The van der Waals surface area contributed by atoms with Gasteiger partial charge in [-0.05, 0) is 44.0 Å². The molecule has 0 aliphatic rings. The van der Waals surface area contributed by atoms with Crippen molar-refractivity contribution in [2.75, 3.05) is 0 Å². The van der Waals surface area contributed by atoms with E-state index >= 15 is 0 Å². The van der Waals surface area contributed by atoms with Crippen LogP contribution in [0.5, 0.6) is 11.5 Å². The van der Waals surface area contributed by atoms with Crippen LogP contribution in [0.3, 0.4) is 0 Å². The van der Waals surface area contributed by atoms with Gasteiger partial charge in [-0.25, -0.2) is 0 Å². The average molecular weight is 291 g/mol. The molecule has 0 aliphatic heterocycles. The molecule has 0 amide bonds. The third kappa shape index (κ3) is 3.50. The predicted octanol–water partition coefficient (Wildman–Crippen LogP) is 4.12. The number of hydrogen-bond acceptors (Lipinski definition) is 3. The van der Waals surface area contributed by atoms with E-state index in [0.717, 1.165) is 29.2 Å². The quantitative estimate of drug-likeness (QED) is 0.901. The molecule has 1 unspecified atom stereocenters. The van der Waals surface area contributed by atoms with Crippen molar-refractivity contribution in [2.24, 2.45) is 5.73 Å². The maximum absolute atomic E-state index is 6.29. The summed E-state index contributed by atoms with van der Waals surface area (Å²) in [6, 6.07) is 9.48. The van der Waals surface area contributed by atoms with E-state index < -0.39 is 0 Å².